The van der Waals surface area contributed by atoms with Crippen LogP contribution in [0, 0.1) is 28.6 Å². The summed E-state index contributed by atoms with van der Waals surface area (Å²) in [5.74, 6) is -0.0668. The number of fused-ring (bicyclic) bond motifs is 3. The Bertz CT molecular complexity index is 935. The molecule has 7 heteroatoms. The fourth-order valence-electron chi connectivity index (χ4n) is 9.70. The number of rotatable bonds is 1. The van der Waals surface area contributed by atoms with E-state index in [1.165, 1.54) is 0 Å². The van der Waals surface area contributed by atoms with E-state index in [1.54, 1.807) is 0 Å². The van der Waals surface area contributed by atoms with Crippen molar-refractivity contribution in [3.8, 4) is 0 Å². The van der Waals surface area contributed by atoms with E-state index in [9.17, 15) is 20.4 Å². The van der Waals surface area contributed by atoms with Gasteiger partial charge < -0.3 is 34.6 Å². The first kappa shape index (κ1) is 20.8. The van der Waals surface area contributed by atoms with E-state index >= 15 is 0 Å². The van der Waals surface area contributed by atoms with Crippen LogP contribution in [0.1, 0.15) is 59.8 Å². The maximum Gasteiger partial charge on any atom is 0.190 e. The Balaban J connectivity index is 1.42. The Morgan fingerprint density at radius 2 is 1.78 bits per heavy atom. The topological polar surface area (TPSA) is 112 Å². The molecule has 12 atom stereocenters. The van der Waals surface area contributed by atoms with E-state index in [2.05, 4.69) is 27.7 Å². The standard InChI is InChI=1S/C25H36O7/c1-12(2)23-10-8-20(3)7-9-21(4)14(25(20,23)32-23)6-5-13-15-17(21)31-19-24(15,29)18(27)22(28,11-30-19)16(13)26/h5,12,14-19,26-29H,6-11H2,1-4H3/t14-,15+,16+,17-,18-,19-,20-,21+,22-,23+,24+,25+/m0/s1. The van der Waals surface area contributed by atoms with E-state index < -0.39 is 41.7 Å². The lowest BCUT2D eigenvalue weighted by Crippen LogP contribution is -2.77. The minimum absolute atomic E-state index is 0.0935. The first-order chi connectivity index (χ1) is 14.9. The molecule has 1 spiro atoms. The van der Waals surface area contributed by atoms with Gasteiger partial charge in [-0.15, -0.1) is 0 Å². The molecule has 6 fully saturated rings. The third-order valence-electron chi connectivity index (χ3n) is 11.5. The van der Waals surface area contributed by atoms with Gasteiger partial charge in [-0.3, -0.25) is 0 Å². The molecule has 178 valence electrons. The van der Waals surface area contributed by atoms with Crippen LogP contribution in [0.3, 0.4) is 0 Å². The zero-order valence-corrected chi connectivity index (χ0v) is 19.4. The summed E-state index contributed by atoms with van der Waals surface area (Å²) >= 11 is 0. The second-order valence-corrected chi connectivity index (χ2v) is 12.8. The van der Waals surface area contributed by atoms with Crippen molar-refractivity contribution in [2.45, 2.75) is 107 Å². The Labute approximate surface area is 188 Å². The van der Waals surface area contributed by atoms with Gasteiger partial charge in [-0.2, -0.15) is 0 Å². The summed E-state index contributed by atoms with van der Waals surface area (Å²) in [6.07, 6.45) is 2.60. The number of aliphatic hydroxyl groups is 4. The van der Waals surface area contributed by atoms with Crippen LogP contribution in [-0.4, -0.2) is 74.0 Å². The first-order valence-electron chi connectivity index (χ1n) is 12.4. The van der Waals surface area contributed by atoms with Gasteiger partial charge in [0.1, 0.15) is 29.0 Å². The van der Waals surface area contributed by atoms with E-state index in [0.717, 1.165) is 25.7 Å². The molecule has 32 heavy (non-hydrogen) atoms. The molecule has 7 nitrogen and oxygen atoms in total. The lowest BCUT2D eigenvalue weighted by atomic mass is 9.48. The van der Waals surface area contributed by atoms with Gasteiger partial charge in [-0.25, -0.2) is 0 Å². The van der Waals surface area contributed by atoms with Crippen molar-refractivity contribution in [1.29, 1.82) is 0 Å². The zero-order valence-electron chi connectivity index (χ0n) is 19.4. The summed E-state index contributed by atoms with van der Waals surface area (Å²) in [4.78, 5) is 0. The monoisotopic (exact) mass is 448 g/mol. The van der Waals surface area contributed by atoms with Crippen LogP contribution >= 0.6 is 0 Å². The first-order valence-corrected chi connectivity index (χ1v) is 12.4. The summed E-state index contributed by atoms with van der Waals surface area (Å²) in [6.45, 7) is 8.87. The molecule has 0 radical (unpaired) electrons. The van der Waals surface area contributed by atoms with Gasteiger partial charge in [0, 0.05) is 17.3 Å². The molecule has 4 aliphatic carbocycles. The summed E-state index contributed by atoms with van der Waals surface area (Å²) in [5.41, 5.74) is -3.75. The third-order valence-corrected chi connectivity index (χ3v) is 11.5. The Kier molecular flexibility index (Phi) is 3.56. The van der Waals surface area contributed by atoms with Crippen LogP contribution in [0.5, 0.6) is 0 Å². The van der Waals surface area contributed by atoms with E-state index in [0.29, 0.717) is 17.9 Å². The molecule has 0 aromatic heterocycles. The molecule has 2 bridgehead atoms. The average Bonchev–Trinajstić information content (AvgIpc) is 3.26. The molecule has 4 N–H and O–H groups in total. The van der Waals surface area contributed by atoms with Gasteiger partial charge in [0.05, 0.1) is 12.7 Å². The van der Waals surface area contributed by atoms with Crippen molar-refractivity contribution in [1.82, 2.24) is 0 Å². The highest BCUT2D eigenvalue weighted by Gasteiger charge is 2.88. The predicted octanol–water partition coefficient (Wildman–Crippen LogP) is 1.27. The molecule has 0 amide bonds. The minimum atomic E-state index is -1.94. The number of hydrogen-bond acceptors (Lipinski definition) is 7. The molecule has 3 saturated carbocycles. The fraction of sp³-hybridized carbons (Fsp3) is 0.920. The summed E-state index contributed by atoms with van der Waals surface area (Å²) in [6, 6.07) is 0. The van der Waals surface area contributed by atoms with Gasteiger partial charge in [0.2, 0.25) is 0 Å². The maximum absolute atomic E-state index is 11.8. The number of hydrogen-bond donors (Lipinski definition) is 4. The SMILES string of the molecule is CC(C)[C@]12CC[C@]3(C)CC[C@@]4(C)[C@H]5O[C@@H]6OC[C@]7(O)[C@H](O)C(=CC[C@@H]4[C@@]31O2)[C@H]5[C@@]6(O)[C@H]7O. The zero-order chi connectivity index (χ0) is 22.7. The second-order valence-electron chi connectivity index (χ2n) is 12.8. The van der Waals surface area contributed by atoms with E-state index in [1.807, 2.05) is 6.08 Å². The molecule has 0 aromatic carbocycles. The van der Waals surface area contributed by atoms with Crippen LogP contribution in [0.2, 0.25) is 0 Å². The molecule has 3 aliphatic heterocycles. The van der Waals surface area contributed by atoms with Gasteiger partial charge in [0.25, 0.3) is 0 Å². The van der Waals surface area contributed by atoms with Crippen LogP contribution in [-0.2, 0) is 14.2 Å². The lowest BCUT2D eigenvalue weighted by Gasteiger charge is -2.57. The minimum Gasteiger partial charge on any atom is -0.387 e. The van der Waals surface area contributed by atoms with Gasteiger partial charge in [-0.1, -0.05) is 33.8 Å². The van der Waals surface area contributed by atoms with Gasteiger partial charge in [-0.05, 0) is 49.0 Å². The highest BCUT2D eigenvalue weighted by atomic mass is 16.7. The van der Waals surface area contributed by atoms with Crippen LogP contribution in [0.15, 0.2) is 11.6 Å². The number of aliphatic hydroxyl groups excluding tert-OH is 2. The molecular formula is C25H36O7. The van der Waals surface area contributed by atoms with E-state index in [4.69, 9.17) is 14.2 Å². The van der Waals surface area contributed by atoms with Crippen molar-refractivity contribution in [2.24, 2.45) is 28.6 Å². The molecule has 0 unspecified atom stereocenters. The number of allylic oxidation sites excluding steroid dienone is 1. The number of epoxide rings is 1. The molecule has 3 heterocycles. The second kappa shape index (κ2) is 5.48. The van der Waals surface area contributed by atoms with Crippen LogP contribution in [0.4, 0.5) is 0 Å². The summed E-state index contributed by atoms with van der Waals surface area (Å²) < 4.78 is 19.1. The predicted molar refractivity (Wildman–Crippen MR) is 112 cm³/mol. The van der Waals surface area contributed by atoms with E-state index in [-0.39, 0.29) is 34.6 Å². The highest BCUT2D eigenvalue weighted by molar-refractivity contribution is 5.41. The normalized spacial score (nSPS) is 66.2. The van der Waals surface area contributed by atoms with Crippen molar-refractivity contribution >= 4 is 0 Å². The summed E-state index contributed by atoms with van der Waals surface area (Å²) in [7, 11) is 0. The molecule has 7 rings (SSSR count). The Hall–Kier alpha value is -0.540. The number of ether oxygens (including phenoxy) is 3. The smallest absolute Gasteiger partial charge is 0.190 e. The van der Waals surface area contributed by atoms with Crippen molar-refractivity contribution < 1.29 is 34.6 Å². The van der Waals surface area contributed by atoms with Crippen molar-refractivity contribution in [2.75, 3.05) is 6.61 Å². The van der Waals surface area contributed by atoms with Crippen LogP contribution in [0.25, 0.3) is 0 Å². The highest BCUT2D eigenvalue weighted by Crippen LogP contribution is 2.81. The molecule has 3 saturated heterocycles. The largest absolute Gasteiger partial charge is 0.387 e. The maximum atomic E-state index is 11.8. The molecule has 7 aliphatic rings. The third kappa shape index (κ3) is 1.76. The van der Waals surface area contributed by atoms with Gasteiger partial charge >= 0.3 is 0 Å². The fourth-order valence-corrected chi connectivity index (χ4v) is 9.70. The molecular weight excluding hydrogens is 412 g/mol. The van der Waals surface area contributed by atoms with Crippen LogP contribution < -0.4 is 0 Å². The van der Waals surface area contributed by atoms with Crippen molar-refractivity contribution in [3.05, 3.63) is 11.6 Å². The summed E-state index contributed by atoms with van der Waals surface area (Å²) in [5, 5.41) is 45.3. The van der Waals surface area contributed by atoms with Crippen molar-refractivity contribution in [3.63, 3.8) is 0 Å². The quantitative estimate of drug-likeness (QED) is 0.353. The molecule has 0 aromatic rings. The Morgan fingerprint density at radius 1 is 1.06 bits per heavy atom. The average molecular weight is 449 g/mol. The van der Waals surface area contributed by atoms with Gasteiger partial charge in [0.15, 0.2) is 11.9 Å². The Morgan fingerprint density at radius 3 is 2.47 bits per heavy atom. The lowest BCUT2D eigenvalue weighted by molar-refractivity contribution is -0.341.